The molecule has 14 heteroatoms. The topological polar surface area (TPSA) is 158 Å². The Hall–Kier alpha value is -3.97. The third-order valence-corrected chi connectivity index (χ3v) is 6.01. The van der Waals surface area contributed by atoms with Gasteiger partial charge in [-0.25, -0.2) is 4.79 Å². The molecule has 0 bridgehead atoms. The highest BCUT2D eigenvalue weighted by atomic mass is 16.6. The summed E-state index contributed by atoms with van der Waals surface area (Å²) in [7, 11) is 0. The summed E-state index contributed by atoms with van der Waals surface area (Å²) in [4.78, 5) is 51.4. The highest BCUT2D eigenvalue weighted by Gasteiger charge is 2.29. The van der Waals surface area contributed by atoms with E-state index in [4.69, 9.17) is 4.74 Å². The first-order valence-electron chi connectivity index (χ1n) is 11.3. The number of nitro groups is 1. The molecule has 3 amide bonds. The molecule has 2 atom stereocenters. The van der Waals surface area contributed by atoms with Gasteiger partial charge >= 0.3 is 11.8 Å². The number of ether oxygens (including phenoxy) is 1. The largest absolute Gasteiger partial charge is 0.450 e. The normalized spacial score (nSPS) is 15.5. The Morgan fingerprint density at radius 1 is 1.14 bits per heavy atom. The van der Waals surface area contributed by atoms with Crippen molar-refractivity contribution in [3.8, 4) is 0 Å². The zero-order valence-electron chi connectivity index (χ0n) is 20.4. The van der Waals surface area contributed by atoms with Crippen molar-refractivity contribution in [3.63, 3.8) is 0 Å². The third-order valence-electron chi connectivity index (χ3n) is 6.01. The summed E-state index contributed by atoms with van der Waals surface area (Å²) in [5.41, 5.74) is 1.05. The van der Waals surface area contributed by atoms with Gasteiger partial charge in [-0.2, -0.15) is 10.2 Å². The number of carbonyl (C=O) groups is 3. The maximum atomic E-state index is 13.0. The molecule has 0 saturated carbocycles. The number of carbonyl (C=O) groups excluding carboxylic acids is 3. The van der Waals surface area contributed by atoms with Crippen LogP contribution in [0.25, 0.3) is 0 Å². The number of rotatable bonds is 7. The Balaban J connectivity index is 1.63. The van der Waals surface area contributed by atoms with Crippen LogP contribution in [0.3, 0.4) is 0 Å². The monoisotopic (exact) mass is 490 g/mol. The Labute approximate surface area is 201 Å². The lowest BCUT2D eigenvalue weighted by Gasteiger charge is -2.35. The molecular weight excluding hydrogens is 460 g/mol. The zero-order chi connectivity index (χ0) is 25.9. The molecule has 1 aliphatic rings. The van der Waals surface area contributed by atoms with E-state index >= 15 is 0 Å². The average molecular weight is 491 g/mol. The smallest absolute Gasteiger partial charge is 0.409 e. The summed E-state index contributed by atoms with van der Waals surface area (Å²) in [5, 5.41) is 22.2. The summed E-state index contributed by atoms with van der Waals surface area (Å²) in [6.45, 7) is 10.1. The second-order valence-electron chi connectivity index (χ2n) is 8.28. The van der Waals surface area contributed by atoms with Crippen molar-refractivity contribution in [2.24, 2.45) is 0 Å². The molecule has 35 heavy (non-hydrogen) atoms. The van der Waals surface area contributed by atoms with Crippen LogP contribution >= 0.6 is 0 Å². The average Bonchev–Trinajstić information content (AvgIpc) is 3.40. The molecule has 190 valence electrons. The van der Waals surface area contributed by atoms with E-state index in [0.717, 1.165) is 6.20 Å². The van der Waals surface area contributed by atoms with E-state index in [0.29, 0.717) is 44.2 Å². The Morgan fingerprint density at radius 2 is 1.77 bits per heavy atom. The highest BCUT2D eigenvalue weighted by Crippen LogP contribution is 2.23. The standard InChI is InChI=1S/C21H30N8O6/c1-6-35-21(32)26-9-7-25(8-10-26)20(31)16(5)27-12-17(13(2)24-27)23-19(30)15(4)28-14(3)18(11-22-28)29(33)34/h11-12,15-16H,6-10H2,1-5H3,(H,23,30). The van der Waals surface area contributed by atoms with Gasteiger partial charge in [0.1, 0.15) is 24.0 Å². The Bertz CT molecular complexity index is 1120. The van der Waals surface area contributed by atoms with Crippen molar-refractivity contribution < 1.29 is 24.0 Å². The fourth-order valence-corrected chi connectivity index (χ4v) is 3.84. The van der Waals surface area contributed by atoms with E-state index in [1.54, 1.807) is 43.7 Å². The van der Waals surface area contributed by atoms with Crippen LogP contribution in [0, 0.1) is 24.0 Å². The summed E-state index contributed by atoms with van der Waals surface area (Å²) < 4.78 is 7.78. The van der Waals surface area contributed by atoms with Gasteiger partial charge in [0.15, 0.2) is 0 Å². The maximum absolute atomic E-state index is 13.0. The summed E-state index contributed by atoms with van der Waals surface area (Å²) in [5.74, 6) is -0.579. The van der Waals surface area contributed by atoms with Gasteiger partial charge < -0.3 is 19.9 Å². The molecule has 0 aromatic carbocycles. The van der Waals surface area contributed by atoms with Crippen LogP contribution in [-0.4, -0.2) is 85.0 Å². The number of nitrogens with zero attached hydrogens (tertiary/aromatic N) is 7. The molecule has 2 unspecified atom stereocenters. The highest BCUT2D eigenvalue weighted by molar-refractivity contribution is 5.94. The maximum Gasteiger partial charge on any atom is 0.409 e. The molecule has 1 saturated heterocycles. The second-order valence-corrected chi connectivity index (χ2v) is 8.28. The van der Waals surface area contributed by atoms with Crippen LogP contribution in [0.5, 0.6) is 0 Å². The van der Waals surface area contributed by atoms with Crippen LogP contribution in [0.4, 0.5) is 16.2 Å². The predicted molar refractivity (Wildman–Crippen MR) is 124 cm³/mol. The minimum absolute atomic E-state index is 0.151. The van der Waals surface area contributed by atoms with Crippen LogP contribution < -0.4 is 5.32 Å². The predicted octanol–water partition coefficient (Wildman–Crippen LogP) is 1.67. The molecule has 0 radical (unpaired) electrons. The molecule has 3 rings (SSSR count). The van der Waals surface area contributed by atoms with E-state index in [2.05, 4.69) is 15.5 Å². The van der Waals surface area contributed by atoms with Crippen molar-refractivity contribution in [1.82, 2.24) is 29.4 Å². The molecular formula is C21H30N8O6. The molecule has 0 aliphatic carbocycles. The van der Waals surface area contributed by atoms with Gasteiger partial charge in [0.2, 0.25) is 11.8 Å². The van der Waals surface area contributed by atoms with Crippen LogP contribution in [0.15, 0.2) is 12.4 Å². The molecule has 14 nitrogen and oxygen atoms in total. The first-order chi connectivity index (χ1) is 16.5. The Morgan fingerprint density at radius 3 is 2.34 bits per heavy atom. The van der Waals surface area contributed by atoms with E-state index in [1.807, 2.05) is 0 Å². The number of aryl methyl sites for hydroxylation is 1. The molecule has 1 fully saturated rings. The minimum atomic E-state index is -0.804. The van der Waals surface area contributed by atoms with E-state index < -0.39 is 22.9 Å². The molecule has 2 aromatic rings. The number of hydrogen-bond donors (Lipinski definition) is 1. The van der Waals surface area contributed by atoms with Gasteiger partial charge in [-0.3, -0.25) is 29.1 Å². The van der Waals surface area contributed by atoms with Gasteiger partial charge in [-0.1, -0.05) is 0 Å². The zero-order valence-corrected chi connectivity index (χ0v) is 20.4. The number of piperazine rings is 1. The van der Waals surface area contributed by atoms with E-state index in [-0.39, 0.29) is 23.4 Å². The molecule has 3 heterocycles. The van der Waals surface area contributed by atoms with Crippen LogP contribution in [0.2, 0.25) is 0 Å². The van der Waals surface area contributed by atoms with Gasteiger partial charge in [0.05, 0.1) is 22.9 Å². The van der Waals surface area contributed by atoms with Gasteiger partial charge in [0, 0.05) is 32.4 Å². The lowest BCUT2D eigenvalue weighted by atomic mass is 10.2. The Kier molecular flexibility index (Phi) is 7.71. The van der Waals surface area contributed by atoms with Crippen molar-refractivity contribution >= 4 is 29.3 Å². The summed E-state index contributed by atoms with van der Waals surface area (Å²) >= 11 is 0. The second kappa shape index (κ2) is 10.5. The van der Waals surface area contributed by atoms with Crippen molar-refractivity contribution in [2.75, 3.05) is 38.1 Å². The van der Waals surface area contributed by atoms with Crippen molar-refractivity contribution in [3.05, 3.63) is 33.9 Å². The number of aromatic nitrogens is 4. The lowest BCUT2D eigenvalue weighted by Crippen LogP contribution is -2.52. The SMILES string of the molecule is CCOC(=O)N1CCN(C(=O)C(C)n2cc(NC(=O)C(C)n3ncc([N+](=O)[O-])c3C)c(C)n2)CC1. The van der Waals surface area contributed by atoms with Gasteiger partial charge in [0.25, 0.3) is 0 Å². The third kappa shape index (κ3) is 5.41. The van der Waals surface area contributed by atoms with Crippen LogP contribution in [0.1, 0.15) is 44.2 Å². The number of anilines is 1. The van der Waals surface area contributed by atoms with E-state index in [1.165, 1.54) is 16.3 Å². The molecule has 0 spiro atoms. The molecule has 2 aromatic heterocycles. The number of amides is 3. The lowest BCUT2D eigenvalue weighted by molar-refractivity contribution is -0.385. The van der Waals surface area contributed by atoms with Crippen LogP contribution in [-0.2, 0) is 14.3 Å². The van der Waals surface area contributed by atoms with E-state index in [9.17, 15) is 24.5 Å². The number of nitrogens with one attached hydrogen (secondary N) is 1. The van der Waals surface area contributed by atoms with Gasteiger partial charge in [-0.15, -0.1) is 0 Å². The van der Waals surface area contributed by atoms with Crippen molar-refractivity contribution in [2.45, 2.75) is 46.7 Å². The fourth-order valence-electron chi connectivity index (χ4n) is 3.84. The quantitative estimate of drug-likeness (QED) is 0.453. The van der Waals surface area contributed by atoms with Crippen molar-refractivity contribution in [1.29, 1.82) is 0 Å². The molecule has 1 N–H and O–H groups in total. The minimum Gasteiger partial charge on any atom is -0.450 e. The molecule has 1 aliphatic heterocycles. The first-order valence-corrected chi connectivity index (χ1v) is 11.3. The fraction of sp³-hybridized carbons (Fsp3) is 0.571. The first kappa shape index (κ1) is 25.6. The van der Waals surface area contributed by atoms with Gasteiger partial charge in [-0.05, 0) is 34.6 Å². The summed E-state index contributed by atoms with van der Waals surface area (Å²) in [6, 6.07) is -1.43. The summed E-state index contributed by atoms with van der Waals surface area (Å²) in [6.07, 6.45) is 2.31. The number of hydrogen-bond acceptors (Lipinski definition) is 8.